The van der Waals surface area contributed by atoms with Crippen LogP contribution in [0.25, 0.3) is 10.2 Å². The minimum atomic E-state index is -0.0623. The molecule has 2 aromatic rings. The van der Waals surface area contributed by atoms with Crippen LogP contribution in [0.3, 0.4) is 0 Å². The van der Waals surface area contributed by atoms with E-state index in [0.717, 1.165) is 15.2 Å². The second-order valence-electron chi connectivity index (χ2n) is 4.01. The van der Waals surface area contributed by atoms with Gasteiger partial charge in [-0.3, -0.25) is 4.79 Å². The monoisotopic (exact) mass is 266 g/mol. The lowest BCUT2D eigenvalue weighted by Crippen LogP contribution is -2.08. The summed E-state index contributed by atoms with van der Waals surface area (Å²) in [4.78, 5) is 22.2. The van der Waals surface area contributed by atoms with Crippen molar-refractivity contribution < 1.29 is 4.79 Å². The summed E-state index contributed by atoms with van der Waals surface area (Å²) in [6.07, 6.45) is 1.58. The fraction of sp³-hybridized carbons (Fsp3) is 0.417. The normalized spacial score (nSPS) is 12.9. The molecule has 0 fully saturated rings. The number of nitrogens with zero attached hydrogens (tertiary/aromatic N) is 2. The topological polar surface area (TPSA) is 42.9 Å². The molecule has 1 atom stereocenters. The first-order valence-corrected chi connectivity index (χ1v) is 7.08. The molecule has 0 radical (unpaired) electrons. The van der Waals surface area contributed by atoms with Crippen molar-refractivity contribution in [3.63, 3.8) is 0 Å². The average Bonchev–Trinajstić information content (AvgIpc) is 2.56. The molecule has 0 amide bonds. The third-order valence-corrected chi connectivity index (χ3v) is 5.12. The molecule has 0 aliphatic heterocycles. The van der Waals surface area contributed by atoms with Crippen molar-refractivity contribution in [2.24, 2.45) is 0 Å². The van der Waals surface area contributed by atoms with E-state index in [1.165, 1.54) is 22.2 Å². The number of aromatic nitrogens is 2. The molecule has 3 nitrogen and oxygen atoms in total. The fourth-order valence-electron chi connectivity index (χ4n) is 1.49. The molecule has 2 aromatic heterocycles. The van der Waals surface area contributed by atoms with Gasteiger partial charge >= 0.3 is 0 Å². The zero-order valence-electron chi connectivity index (χ0n) is 10.3. The molecular formula is C12H14N2OS2. The van der Waals surface area contributed by atoms with Gasteiger partial charge in [-0.2, -0.15) is 0 Å². The van der Waals surface area contributed by atoms with Crippen molar-refractivity contribution in [2.45, 2.75) is 38.0 Å². The van der Waals surface area contributed by atoms with Crippen molar-refractivity contribution in [1.29, 1.82) is 0 Å². The van der Waals surface area contributed by atoms with Crippen molar-refractivity contribution in [3.05, 3.63) is 16.8 Å². The maximum Gasteiger partial charge on any atom is 0.142 e. The van der Waals surface area contributed by atoms with Crippen molar-refractivity contribution in [2.75, 3.05) is 0 Å². The molecule has 2 rings (SSSR count). The predicted octanol–water partition coefficient (Wildman–Crippen LogP) is 3.38. The second-order valence-corrected chi connectivity index (χ2v) is 6.55. The van der Waals surface area contributed by atoms with Crippen molar-refractivity contribution in [3.8, 4) is 0 Å². The molecule has 0 saturated heterocycles. The Morgan fingerprint density at radius 2 is 2.12 bits per heavy atom. The van der Waals surface area contributed by atoms with Gasteiger partial charge < -0.3 is 0 Å². The van der Waals surface area contributed by atoms with Crippen molar-refractivity contribution in [1.82, 2.24) is 9.97 Å². The summed E-state index contributed by atoms with van der Waals surface area (Å²) >= 11 is 3.19. The van der Waals surface area contributed by atoms with Gasteiger partial charge in [-0.05, 0) is 33.3 Å². The summed E-state index contributed by atoms with van der Waals surface area (Å²) in [6.45, 7) is 7.70. The number of aryl methyl sites for hydroxylation is 2. The molecule has 5 heteroatoms. The van der Waals surface area contributed by atoms with Crippen LogP contribution in [0, 0.1) is 13.8 Å². The second kappa shape index (κ2) is 4.74. The van der Waals surface area contributed by atoms with Gasteiger partial charge in [-0.25, -0.2) is 9.97 Å². The minimum absolute atomic E-state index is 0.0623. The number of carbonyl (C=O) groups is 1. The first-order valence-electron chi connectivity index (χ1n) is 5.38. The number of thiophene rings is 1. The predicted molar refractivity (Wildman–Crippen MR) is 72.9 cm³/mol. The Hall–Kier alpha value is -0.940. The number of thioether (sulfide) groups is 1. The van der Waals surface area contributed by atoms with Gasteiger partial charge in [0.05, 0.1) is 5.25 Å². The van der Waals surface area contributed by atoms with E-state index in [9.17, 15) is 4.79 Å². The lowest BCUT2D eigenvalue weighted by atomic mass is 10.2. The molecule has 90 valence electrons. The largest absolute Gasteiger partial charge is 0.299 e. The zero-order chi connectivity index (χ0) is 12.6. The van der Waals surface area contributed by atoms with Gasteiger partial charge in [0.15, 0.2) is 0 Å². The zero-order valence-corrected chi connectivity index (χ0v) is 11.9. The summed E-state index contributed by atoms with van der Waals surface area (Å²) in [5.74, 6) is 0.173. The highest BCUT2D eigenvalue weighted by atomic mass is 32.2. The van der Waals surface area contributed by atoms with Crippen LogP contribution in [0.4, 0.5) is 0 Å². The lowest BCUT2D eigenvalue weighted by molar-refractivity contribution is -0.116. The Kier molecular flexibility index (Phi) is 3.49. The Morgan fingerprint density at radius 1 is 1.41 bits per heavy atom. The molecule has 0 unspecified atom stereocenters. The molecule has 0 aliphatic carbocycles. The molecule has 0 N–H and O–H groups in total. The van der Waals surface area contributed by atoms with E-state index in [-0.39, 0.29) is 11.0 Å². The quantitative estimate of drug-likeness (QED) is 0.631. The van der Waals surface area contributed by atoms with Crippen LogP contribution in [0.1, 0.15) is 24.3 Å². The molecule has 2 heterocycles. The Bertz CT molecular complexity index is 577. The van der Waals surface area contributed by atoms with Gasteiger partial charge in [0.1, 0.15) is 22.0 Å². The Balaban J connectivity index is 2.50. The number of hydrogen-bond acceptors (Lipinski definition) is 5. The third-order valence-electron chi connectivity index (χ3n) is 2.79. The number of ketones is 1. The van der Waals surface area contributed by atoms with Crippen LogP contribution in [-0.4, -0.2) is 21.0 Å². The molecular weight excluding hydrogens is 252 g/mol. The van der Waals surface area contributed by atoms with Crippen LogP contribution >= 0.6 is 23.1 Å². The van der Waals surface area contributed by atoms with E-state index in [0.29, 0.717) is 0 Å². The van der Waals surface area contributed by atoms with Gasteiger partial charge in [-0.1, -0.05) is 11.8 Å². The number of carbonyl (C=O) groups excluding carboxylic acids is 1. The maximum absolute atomic E-state index is 11.3. The van der Waals surface area contributed by atoms with Crippen LogP contribution in [0.15, 0.2) is 11.4 Å². The number of fused-ring (bicyclic) bond motifs is 1. The molecule has 0 aliphatic rings. The van der Waals surface area contributed by atoms with Gasteiger partial charge in [0.25, 0.3) is 0 Å². The molecule has 0 bridgehead atoms. The smallest absolute Gasteiger partial charge is 0.142 e. The van der Waals surface area contributed by atoms with Gasteiger partial charge in [0, 0.05) is 10.3 Å². The Labute approximate surface area is 109 Å². The molecule has 0 spiro atoms. The summed E-state index contributed by atoms with van der Waals surface area (Å²) in [7, 11) is 0. The van der Waals surface area contributed by atoms with Crippen molar-refractivity contribution >= 4 is 39.1 Å². The highest BCUT2D eigenvalue weighted by Crippen LogP contribution is 2.35. The van der Waals surface area contributed by atoms with E-state index >= 15 is 0 Å². The van der Waals surface area contributed by atoms with E-state index in [1.807, 2.05) is 6.92 Å². The maximum atomic E-state index is 11.3. The summed E-state index contributed by atoms with van der Waals surface area (Å²) in [6, 6.07) is 0. The van der Waals surface area contributed by atoms with Crippen LogP contribution in [0.2, 0.25) is 0 Å². The number of hydrogen-bond donors (Lipinski definition) is 0. The number of Topliss-reactive ketones (excluding diaryl/α,β-unsaturated/α-hetero) is 1. The minimum Gasteiger partial charge on any atom is -0.299 e. The van der Waals surface area contributed by atoms with Crippen LogP contribution in [0.5, 0.6) is 0 Å². The average molecular weight is 266 g/mol. The van der Waals surface area contributed by atoms with Gasteiger partial charge in [0.2, 0.25) is 0 Å². The first kappa shape index (κ1) is 12.5. The molecule has 0 aromatic carbocycles. The summed E-state index contributed by atoms with van der Waals surface area (Å²) < 4.78 is 0. The molecule has 0 saturated carbocycles. The van der Waals surface area contributed by atoms with Crippen LogP contribution in [-0.2, 0) is 4.79 Å². The first-order chi connectivity index (χ1) is 8.00. The van der Waals surface area contributed by atoms with E-state index < -0.39 is 0 Å². The highest BCUT2D eigenvalue weighted by Gasteiger charge is 2.16. The Morgan fingerprint density at radius 3 is 2.76 bits per heavy atom. The van der Waals surface area contributed by atoms with E-state index in [1.54, 1.807) is 24.6 Å². The summed E-state index contributed by atoms with van der Waals surface area (Å²) in [5, 5.41) is 1.96. The molecule has 17 heavy (non-hydrogen) atoms. The van der Waals surface area contributed by atoms with Gasteiger partial charge in [-0.15, -0.1) is 11.3 Å². The standard InChI is InChI=1S/C12H14N2OS2/c1-6-8(3)16-11-10(6)12(14-5-13-11)17-9(4)7(2)15/h5,9H,1-4H3/t9-/m0/s1. The number of rotatable bonds is 3. The van der Waals surface area contributed by atoms with E-state index in [2.05, 4.69) is 23.8 Å². The van der Waals surface area contributed by atoms with Crippen LogP contribution < -0.4 is 0 Å². The SMILES string of the molecule is CC(=O)[C@H](C)Sc1ncnc2sc(C)c(C)c12. The third kappa shape index (κ3) is 2.35. The fourth-order valence-corrected chi connectivity index (χ4v) is 3.53. The van der Waals surface area contributed by atoms with E-state index in [4.69, 9.17) is 0 Å². The lowest BCUT2D eigenvalue weighted by Gasteiger charge is -2.07. The highest BCUT2D eigenvalue weighted by molar-refractivity contribution is 8.00. The summed E-state index contributed by atoms with van der Waals surface area (Å²) in [5.41, 5.74) is 1.23.